The summed E-state index contributed by atoms with van der Waals surface area (Å²) in [7, 11) is 0. The lowest BCUT2D eigenvalue weighted by Crippen LogP contribution is -2.42. The van der Waals surface area contributed by atoms with E-state index in [9.17, 15) is 19.8 Å². The molecule has 2 aliphatic heterocycles. The molecular formula is C28H37N3O7. The van der Waals surface area contributed by atoms with Gasteiger partial charge in [-0.2, -0.15) is 0 Å². The summed E-state index contributed by atoms with van der Waals surface area (Å²) in [4.78, 5) is 25.8. The first-order valence-electron chi connectivity index (χ1n) is 13.2. The van der Waals surface area contributed by atoms with E-state index in [0.717, 1.165) is 36.1 Å². The average molecular weight is 528 g/mol. The molecule has 206 valence electrons. The molecule has 0 aromatic heterocycles. The van der Waals surface area contributed by atoms with Crippen LogP contribution in [-0.4, -0.2) is 64.0 Å². The molecule has 2 aliphatic rings. The normalized spacial score (nSPS) is 23.8. The Hall–Kier alpha value is -2.86. The van der Waals surface area contributed by atoms with Crippen molar-refractivity contribution in [3.63, 3.8) is 0 Å². The van der Waals surface area contributed by atoms with Crippen LogP contribution in [0.1, 0.15) is 67.6 Å². The van der Waals surface area contributed by atoms with Crippen LogP contribution in [0.25, 0.3) is 0 Å². The molecule has 10 heteroatoms. The first-order chi connectivity index (χ1) is 18.5. The van der Waals surface area contributed by atoms with Gasteiger partial charge in [-0.15, -0.1) is 0 Å². The maximum Gasteiger partial charge on any atom is 0.243 e. The van der Waals surface area contributed by atoms with Gasteiger partial charge in [-0.1, -0.05) is 36.4 Å². The molecule has 4 atom stereocenters. The van der Waals surface area contributed by atoms with Crippen LogP contribution < -0.4 is 10.8 Å². The zero-order valence-corrected chi connectivity index (χ0v) is 21.4. The molecule has 10 nitrogen and oxygen atoms in total. The summed E-state index contributed by atoms with van der Waals surface area (Å²) < 4.78 is 12.8. The highest BCUT2D eigenvalue weighted by Gasteiger charge is 2.35. The van der Waals surface area contributed by atoms with Gasteiger partial charge in [0.1, 0.15) is 0 Å². The topological polar surface area (TPSA) is 141 Å². The Balaban J connectivity index is 1.47. The number of ether oxygens (including phenoxy) is 2. The largest absolute Gasteiger partial charge is 0.395 e. The second kappa shape index (κ2) is 13.8. The number of nitrogens with zero attached hydrogens (tertiary/aromatic N) is 1. The van der Waals surface area contributed by atoms with Crippen molar-refractivity contribution in [2.24, 2.45) is 0 Å². The Kier molecular flexibility index (Phi) is 10.2. The van der Waals surface area contributed by atoms with Crippen LogP contribution in [0.15, 0.2) is 48.5 Å². The molecule has 2 heterocycles. The van der Waals surface area contributed by atoms with Crippen LogP contribution in [0.4, 0.5) is 5.69 Å². The van der Waals surface area contributed by atoms with E-state index in [1.807, 2.05) is 42.5 Å². The van der Waals surface area contributed by atoms with Crippen molar-refractivity contribution >= 4 is 17.5 Å². The zero-order chi connectivity index (χ0) is 26.9. The molecule has 5 N–H and O–H groups in total. The molecule has 0 saturated carbocycles. The molecule has 0 aliphatic carbocycles. The number of aliphatic hydroxyl groups excluding tert-OH is 2. The lowest BCUT2D eigenvalue weighted by atomic mass is 9.99. The predicted octanol–water partition coefficient (Wildman–Crippen LogP) is 2.80. The second-order valence-electron chi connectivity index (χ2n) is 9.89. The SMILES string of the molecule is O=C(CCCC(=O)Nc1cccc(C2OC(CN3CCCC3CO)CC(c3ccc(CO)cc3)O2)c1)NO. The van der Waals surface area contributed by atoms with Gasteiger partial charge in [0.05, 0.1) is 25.4 Å². The van der Waals surface area contributed by atoms with Gasteiger partial charge in [0.15, 0.2) is 6.29 Å². The molecule has 2 aromatic rings. The quantitative estimate of drug-likeness (QED) is 0.222. The summed E-state index contributed by atoms with van der Waals surface area (Å²) in [5.41, 5.74) is 4.75. The number of hydrogen-bond acceptors (Lipinski definition) is 8. The lowest BCUT2D eigenvalue weighted by Gasteiger charge is -2.38. The first kappa shape index (κ1) is 28.2. The minimum atomic E-state index is -0.656. The fourth-order valence-corrected chi connectivity index (χ4v) is 5.09. The molecule has 4 rings (SSSR count). The Morgan fingerprint density at radius 2 is 1.79 bits per heavy atom. The maximum absolute atomic E-state index is 12.4. The summed E-state index contributed by atoms with van der Waals surface area (Å²) in [6.07, 6.45) is 2.19. The van der Waals surface area contributed by atoms with Gasteiger partial charge >= 0.3 is 0 Å². The predicted molar refractivity (Wildman–Crippen MR) is 139 cm³/mol. The van der Waals surface area contributed by atoms with Crippen LogP contribution in [0.2, 0.25) is 0 Å². The summed E-state index contributed by atoms with van der Waals surface area (Å²) in [5.74, 6) is -0.761. The van der Waals surface area contributed by atoms with E-state index in [4.69, 9.17) is 14.7 Å². The number of nitrogens with one attached hydrogen (secondary N) is 2. The number of amides is 2. The van der Waals surface area contributed by atoms with Crippen LogP contribution in [0, 0.1) is 0 Å². The molecule has 0 spiro atoms. The van der Waals surface area contributed by atoms with Crippen LogP contribution in [0.5, 0.6) is 0 Å². The van der Waals surface area contributed by atoms with Crippen molar-refractivity contribution < 1.29 is 34.5 Å². The second-order valence-corrected chi connectivity index (χ2v) is 9.89. The van der Waals surface area contributed by atoms with E-state index in [1.54, 1.807) is 11.5 Å². The van der Waals surface area contributed by atoms with Crippen molar-refractivity contribution in [2.45, 2.75) is 69.7 Å². The van der Waals surface area contributed by atoms with E-state index in [2.05, 4.69) is 10.2 Å². The van der Waals surface area contributed by atoms with E-state index in [-0.39, 0.29) is 50.2 Å². The number of carbonyl (C=O) groups excluding carboxylic acids is 2. The minimum absolute atomic E-state index is 0.0230. The Bertz CT molecular complexity index is 1060. The molecular weight excluding hydrogens is 490 g/mol. The van der Waals surface area contributed by atoms with Crippen molar-refractivity contribution in [3.05, 3.63) is 65.2 Å². The fourth-order valence-electron chi connectivity index (χ4n) is 5.09. The molecule has 0 radical (unpaired) electrons. The van der Waals surface area contributed by atoms with Crippen molar-refractivity contribution in [3.8, 4) is 0 Å². The number of aliphatic hydroxyl groups is 2. The van der Waals surface area contributed by atoms with Crippen molar-refractivity contribution in [1.82, 2.24) is 10.4 Å². The molecule has 2 aromatic carbocycles. The summed E-state index contributed by atoms with van der Waals surface area (Å²) in [6, 6.07) is 15.2. The van der Waals surface area contributed by atoms with E-state index in [1.165, 1.54) is 0 Å². The number of carbonyl (C=O) groups is 2. The molecule has 0 bridgehead atoms. The van der Waals surface area contributed by atoms with Crippen molar-refractivity contribution in [2.75, 3.05) is 25.0 Å². The van der Waals surface area contributed by atoms with Gasteiger partial charge in [-0.3, -0.25) is 19.7 Å². The number of anilines is 1. The number of hydroxylamine groups is 1. The van der Waals surface area contributed by atoms with Gasteiger partial charge in [0.25, 0.3) is 0 Å². The Morgan fingerprint density at radius 3 is 2.53 bits per heavy atom. The van der Waals surface area contributed by atoms with E-state index < -0.39 is 12.2 Å². The third-order valence-corrected chi connectivity index (χ3v) is 7.14. The molecule has 4 unspecified atom stereocenters. The van der Waals surface area contributed by atoms with Gasteiger partial charge in [0, 0.05) is 43.1 Å². The number of likely N-dealkylation sites (tertiary alicyclic amines) is 1. The van der Waals surface area contributed by atoms with E-state index >= 15 is 0 Å². The molecule has 2 amide bonds. The van der Waals surface area contributed by atoms with Crippen molar-refractivity contribution in [1.29, 1.82) is 0 Å². The summed E-state index contributed by atoms with van der Waals surface area (Å²) in [5, 5.41) is 30.6. The average Bonchev–Trinajstić information content (AvgIpc) is 3.40. The number of benzene rings is 2. The maximum atomic E-state index is 12.4. The van der Waals surface area contributed by atoms with Crippen LogP contribution in [0.3, 0.4) is 0 Å². The van der Waals surface area contributed by atoms with Gasteiger partial charge in [-0.05, 0) is 49.1 Å². The van der Waals surface area contributed by atoms with Gasteiger partial charge < -0.3 is 25.0 Å². The first-order valence-corrected chi connectivity index (χ1v) is 13.2. The molecule has 2 saturated heterocycles. The van der Waals surface area contributed by atoms with Gasteiger partial charge in [-0.25, -0.2) is 5.48 Å². The lowest BCUT2D eigenvalue weighted by molar-refractivity contribution is -0.253. The molecule has 38 heavy (non-hydrogen) atoms. The highest BCUT2D eigenvalue weighted by atomic mass is 16.7. The summed E-state index contributed by atoms with van der Waals surface area (Å²) in [6.45, 7) is 1.72. The number of hydrogen-bond donors (Lipinski definition) is 5. The number of rotatable bonds is 11. The van der Waals surface area contributed by atoms with E-state index in [0.29, 0.717) is 25.1 Å². The van der Waals surface area contributed by atoms with Crippen LogP contribution in [-0.2, 0) is 25.7 Å². The standard InChI is InChI=1S/C28H37N3O7/c32-17-19-9-11-20(12-10-19)25-15-24(16-31-13-3-6-23(31)18-33)37-28(38-25)21-4-1-5-22(14-21)29-26(34)7-2-8-27(35)30-36/h1,4-5,9-12,14,23-25,28,32-33,36H,2-3,6-8,13,15-18H2,(H,29,34)(H,30,35). The third-order valence-electron chi connectivity index (χ3n) is 7.14. The monoisotopic (exact) mass is 527 g/mol. The minimum Gasteiger partial charge on any atom is -0.395 e. The smallest absolute Gasteiger partial charge is 0.243 e. The van der Waals surface area contributed by atoms with Gasteiger partial charge in [0.2, 0.25) is 11.8 Å². The third kappa shape index (κ3) is 7.59. The fraction of sp³-hybridized carbons (Fsp3) is 0.500. The molecule has 2 fully saturated rings. The van der Waals surface area contributed by atoms with Crippen LogP contribution >= 0.6 is 0 Å². The highest BCUT2D eigenvalue weighted by molar-refractivity contribution is 5.91. The Labute approximate surface area is 222 Å². The zero-order valence-electron chi connectivity index (χ0n) is 21.4. The highest BCUT2D eigenvalue weighted by Crippen LogP contribution is 2.39. The Morgan fingerprint density at radius 1 is 1.00 bits per heavy atom. The summed E-state index contributed by atoms with van der Waals surface area (Å²) >= 11 is 0.